The number of hydrogen-bond acceptors (Lipinski definition) is 3. The van der Waals surface area contributed by atoms with E-state index in [2.05, 4.69) is 192 Å². The van der Waals surface area contributed by atoms with Gasteiger partial charge in [0.2, 0.25) is 0 Å². The fraction of sp³-hybridized carbons (Fsp3) is 0.286. The van der Waals surface area contributed by atoms with Crippen LogP contribution in [0.15, 0.2) is 122 Å². The van der Waals surface area contributed by atoms with Gasteiger partial charge in [-0.2, -0.15) is 12.1 Å². The SMILES string of the molecule is Cc1cc(C)c(-c2cc(Oc3[c-]c(C4(c5ccccn5)c5cc(C(C)(C)C)ccc5-c5ccc(C(C)(C)C)cc54)ccc3)[c-]c(-c3cc(C(C)(C)C)ccn3)c2)c(C)c1.[Pt+2]. The van der Waals surface area contributed by atoms with Gasteiger partial charge in [0.25, 0.3) is 0 Å². The van der Waals surface area contributed by atoms with Crippen molar-refractivity contribution in [2.24, 2.45) is 0 Å². The first-order valence-corrected chi connectivity index (χ1v) is 20.9. The summed E-state index contributed by atoms with van der Waals surface area (Å²) >= 11 is 0. The van der Waals surface area contributed by atoms with Crippen molar-refractivity contribution < 1.29 is 25.8 Å². The standard InChI is InChI=1S/C56H56N2O.Pt/c1-35-26-36(2)52(37(3)27-35)39-28-38(50-34-42(23-25-57-50)55(10,11)12)29-45(30-39)59-44-17-15-16-43(31-44)56(51-18-13-14-24-58-51)48-32-40(53(4,5)6)19-21-46(48)47-22-20-41(33-49(47)56)54(7,8)9;/h13-28,30,32-34H,1-12H3;/q-2;+2. The molecule has 0 atom stereocenters. The quantitative estimate of drug-likeness (QED) is 0.156. The van der Waals surface area contributed by atoms with Gasteiger partial charge in [-0.25, -0.2) is 0 Å². The zero-order valence-corrected chi connectivity index (χ0v) is 39.4. The first-order chi connectivity index (χ1) is 27.8. The van der Waals surface area contributed by atoms with E-state index in [1.165, 1.54) is 61.2 Å². The molecular formula is C56H56N2OPt. The van der Waals surface area contributed by atoms with Crippen molar-refractivity contribution in [1.82, 2.24) is 9.97 Å². The number of ether oxygens (including phenoxy) is 1. The van der Waals surface area contributed by atoms with Crippen LogP contribution in [0.2, 0.25) is 0 Å². The molecular weight excluding hydrogens is 912 g/mol. The average molecular weight is 968 g/mol. The van der Waals surface area contributed by atoms with E-state index in [-0.39, 0.29) is 37.3 Å². The molecule has 1 aliphatic carbocycles. The zero-order valence-electron chi connectivity index (χ0n) is 37.2. The summed E-state index contributed by atoms with van der Waals surface area (Å²) in [5.41, 5.74) is 17.4. The van der Waals surface area contributed by atoms with Crippen molar-refractivity contribution in [3.63, 3.8) is 0 Å². The number of fused-ring (bicyclic) bond motifs is 3. The van der Waals surface area contributed by atoms with Crippen LogP contribution in [0.1, 0.15) is 118 Å². The molecule has 0 spiro atoms. The van der Waals surface area contributed by atoms with Gasteiger partial charge in [-0.3, -0.25) is 4.98 Å². The van der Waals surface area contributed by atoms with Crippen molar-refractivity contribution in [1.29, 1.82) is 0 Å². The number of hydrogen-bond donors (Lipinski definition) is 0. The Labute approximate surface area is 373 Å². The number of aromatic nitrogens is 2. The Bertz CT molecular complexity index is 2640. The molecule has 0 unspecified atom stereocenters. The van der Waals surface area contributed by atoms with Crippen LogP contribution in [-0.2, 0) is 42.7 Å². The van der Waals surface area contributed by atoms with E-state index in [0.717, 1.165) is 28.1 Å². The van der Waals surface area contributed by atoms with Crippen LogP contribution < -0.4 is 4.74 Å². The number of benzene rings is 5. The summed E-state index contributed by atoms with van der Waals surface area (Å²) in [5.74, 6) is 1.22. The third-order valence-electron chi connectivity index (χ3n) is 12.0. The summed E-state index contributed by atoms with van der Waals surface area (Å²) in [6.45, 7) is 26.9. The van der Waals surface area contributed by atoms with Gasteiger partial charge in [0.05, 0.1) is 11.1 Å². The van der Waals surface area contributed by atoms with E-state index in [0.29, 0.717) is 11.5 Å². The summed E-state index contributed by atoms with van der Waals surface area (Å²) in [4.78, 5) is 10.0. The number of aryl methyl sites for hydroxylation is 3. The van der Waals surface area contributed by atoms with E-state index in [1.54, 1.807) is 0 Å². The Morgan fingerprint density at radius 3 is 1.70 bits per heavy atom. The Balaban J connectivity index is 0.00000544. The van der Waals surface area contributed by atoms with Gasteiger partial charge in [-0.1, -0.05) is 146 Å². The van der Waals surface area contributed by atoms with Crippen molar-refractivity contribution in [2.75, 3.05) is 0 Å². The first kappa shape index (κ1) is 43.0. The van der Waals surface area contributed by atoms with Gasteiger partial charge in [0, 0.05) is 23.9 Å². The van der Waals surface area contributed by atoms with Crippen molar-refractivity contribution in [2.45, 2.75) is 105 Å². The average Bonchev–Trinajstić information content (AvgIpc) is 3.47. The predicted molar refractivity (Wildman–Crippen MR) is 245 cm³/mol. The molecule has 0 amide bonds. The summed E-state index contributed by atoms with van der Waals surface area (Å²) < 4.78 is 6.96. The zero-order chi connectivity index (χ0) is 42.1. The Morgan fingerprint density at radius 1 is 0.533 bits per heavy atom. The number of rotatable bonds is 6. The van der Waals surface area contributed by atoms with Crippen LogP contribution in [0, 0.1) is 32.9 Å². The summed E-state index contributed by atoms with van der Waals surface area (Å²) in [7, 11) is 0. The largest absolute Gasteiger partial charge is 2.00 e. The van der Waals surface area contributed by atoms with Crippen LogP contribution in [0.5, 0.6) is 11.5 Å². The first-order valence-electron chi connectivity index (χ1n) is 20.9. The topological polar surface area (TPSA) is 35.0 Å². The molecule has 306 valence electrons. The minimum Gasteiger partial charge on any atom is -0.503 e. The van der Waals surface area contributed by atoms with Crippen LogP contribution in [0.25, 0.3) is 33.5 Å². The van der Waals surface area contributed by atoms with E-state index < -0.39 is 5.41 Å². The van der Waals surface area contributed by atoms with E-state index in [1.807, 2.05) is 24.5 Å². The monoisotopic (exact) mass is 967 g/mol. The molecule has 4 heteroatoms. The fourth-order valence-electron chi connectivity index (χ4n) is 8.95. The van der Waals surface area contributed by atoms with Gasteiger partial charge in [0.1, 0.15) is 0 Å². The molecule has 1 aliphatic rings. The van der Waals surface area contributed by atoms with E-state index in [4.69, 9.17) is 14.7 Å². The molecule has 0 bridgehead atoms. The van der Waals surface area contributed by atoms with Crippen LogP contribution in [0.4, 0.5) is 0 Å². The molecule has 0 radical (unpaired) electrons. The molecule has 5 aromatic carbocycles. The molecule has 0 aliphatic heterocycles. The van der Waals surface area contributed by atoms with Gasteiger partial charge >= 0.3 is 21.1 Å². The molecule has 0 saturated carbocycles. The van der Waals surface area contributed by atoms with E-state index >= 15 is 0 Å². The maximum atomic E-state index is 6.96. The second kappa shape index (κ2) is 15.7. The third-order valence-corrected chi connectivity index (χ3v) is 12.0. The van der Waals surface area contributed by atoms with Crippen LogP contribution in [0.3, 0.4) is 0 Å². The number of nitrogens with zero attached hydrogens (tertiary/aromatic N) is 2. The molecule has 2 heterocycles. The van der Waals surface area contributed by atoms with Gasteiger partial charge in [-0.15, -0.1) is 29.3 Å². The van der Waals surface area contributed by atoms with Crippen molar-refractivity contribution >= 4 is 0 Å². The Hall–Kier alpha value is -5.11. The number of pyridine rings is 2. The summed E-state index contributed by atoms with van der Waals surface area (Å²) in [6.07, 6.45) is 3.82. The predicted octanol–water partition coefficient (Wildman–Crippen LogP) is 14.4. The molecule has 2 aromatic heterocycles. The Kier molecular flexibility index (Phi) is 11.3. The maximum Gasteiger partial charge on any atom is 2.00 e. The van der Waals surface area contributed by atoms with Crippen LogP contribution in [-0.4, -0.2) is 9.97 Å². The maximum absolute atomic E-state index is 6.96. The normalized spacial score (nSPS) is 13.3. The van der Waals surface area contributed by atoms with Gasteiger partial charge in [-0.05, 0) is 117 Å². The summed E-state index contributed by atoms with van der Waals surface area (Å²) in [6, 6.07) is 47.2. The van der Waals surface area contributed by atoms with Crippen LogP contribution >= 0.6 is 0 Å². The molecule has 3 nitrogen and oxygen atoms in total. The van der Waals surface area contributed by atoms with Crippen molar-refractivity contribution in [3.05, 3.63) is 189 Å². The van der Waals surface area contributed by atoms with E-state index in [9.17, 15) is 0 Å². The minimum absolute atomic E-state index is 0. The molecule has 8 rings (SSSR count). The second-order valence-corrected chi connectivity index (χ2v) is 19.6. The summed E-state index contributed by atoms with van der Waals surface area (Å²) in [5, 5.41) is 0. The van der Waals surface area contributed by atoms with Gasteiger partial charge < -0.3 is 9.72 Å². The molecule has 60 heavy (non-hydrogen) atoms. The van der Waals surface area contributed by atoms with Crippen molar-refractivity contribution in [3.8, 4) is 45.0 Å². The third kappa shape index (κ3) is 7.83. The second-order valence-electron chi connectivity index (χ2n) is 19.6. The smallest absolute Gasteiger partial charge is 0.503 e. The molecule has 7 aromatic rings. The Morgan fingerprint density at radius 2 is 1.13 bits per heavy atom. The minimum atomic E-state index is -0.752. The molecule has 0 saturated heterocycles. The van der Waals surface area contributed by atoms with Gasteiger partial charge in [0.15, 0.2) is 0 Å². The fourth-order valence-corrected chi connectivity index (χ4v) is 8.95. The molecule has 0 N–H and O–H groups in total. The molecule has 0 fully saturated rings.